The summed E-state index contributed by atoms with van der Waals surface area (Å²) in [7, 11) is 0. The van der Waals surface area contributed by atoms with Gasteiger partial charge in [-0.25, -0.2) is 0 Å². The van der Waals surface area contributed by atoms with Gasteiger partial charge in [0.1, 0.15) is 0 Å². The molecule has 0 radical (unpaired) electrons. The first kappa shape index (κ1) is 11.9. The Morgan fingerprint density at radius 2 is 1.81 bits per heavy atom. The van der Waals surface area contributed by atoms with E-state index >= 15 is 0 Å². The summed E-state index contributed by atoms with van der Waals surface area (Å²) in [5.74, 6) is 0. The normalized spacial score (nSPS) is 26.0. The molecule has 16 heavy (non-hydrogen) atoms. The lowest BCUT2D eigenvalue weighted by Gasteiger charge is -2.37. The maximum absolute atomic E-state index is 9.56. The first-order valence-electron chi connectivity index (χ1n) is 6.47. The molecule has 0 atom stereocenters. The Bertz CT molecular complexity index is 272. The maximum atomic E-state index is 9.56. The predicted octanol–water partition coefficient (Wildman–Crippen LogP) is 1.97. The molecular weight excluding hydrogens is 200 g/mol. The van der Waals surface area contributed by atoms with Crippen LogP contribution in [-0.4, -0.2) is 23.8 Å². The molecule has 0 aliphatic heterocycles. The van der Waals surface area contributed by atoms with Crippen LogP contribution in [0.4, 0.5) is 0 Å². The van der Waals surface area contributed by atoms with Gasteiger partial charge in [0.25, 0.3) is 0 Å². The lowest BCUT2D eigenvalue weighted by Crippen LogP contribution is -2.51. The smallest absolute Gasteiger partial charge is 0.0628 e. The minimum Gasteiger partial charge on any atom is -0.394 e. The van der Waals surface area contributed by atoms with Crippen LogP contribution in [0.25, 0.3) is 0 Å². The summed E-state index contributed by atoms with van der Waals surface area (Å²) >= 11 is 0. The van der Waals surface area contributed by atoms with E-state index in [2.05, 4.69) is 11.4 Å². The van der Waals surface area contributed by atoms with Crippen molar-refractivity contribution in [2.24, 2.45) is 5.41 Å². The molecule has 0 aromatic heterocycles. The largest absolute Gasteiger partial charge is 0.394 e. The van der Waals surface area contributed by atoms with Gasteiger partial charge in [-0.05, 0) is 31.1 Å². The average Bonchev–Trinajstić information content (AvgIpc) is 3.09. The van der Waals surface area contributed by atoms with E-state index in [9.17, 15) is 5.11 Å². The van der Waals surface area contributed by atoms with Crippen molar-refractivity contribution in [3.8, 4) is 6.07 Å². The minimum atomic E-state index is -0.0384. The molecule has 2 saturated carbocycles. The molecule has 2 N–H and O–H groups in total. The van der Waals surface area contributed by atoms with Crippen LogP contribution in [0.5, 0.6) is 0 Å². The zero-order valence-corrected chi connectivity index (χ0v) is 9.97. The van der Waals surface area contributed by atoms with E-state index < -0.39 is 0 Å². The Morgan fingerprint density at radius 1 is 1.12 bits per heavy atom. The molecule has 0 aromatic rings. The lowest BCUT2D eigenvalue weighted by atomic mass is 9.81. The molecule has 90 valence electrons. The van der Waals surface area contributed by atoms with E-state index in [1.165, 1.54) is 32.1 Å². The summed E-state index contributed by atoms with van der Waals surface area (Å²) < 4.78 is 0. The molecule has 0 spiro atoms. The molecule has 2 fully saturated rings. The van der Waals surface area contributed by atoms with Crippen LogP contribution in [0.2, 0.25) is 0 Å². The molecule has 0 saturated heterocycles. The molecule has 3 heteroatoms. The molecule has 3 nitrogen and oxygen atoms in total. The van der Waals surface area contributed by atoms with E-state index in [1.54, 1.807) is 0 Å². The third kappa shape index (κ3) is 2.56. The number of hydrogen-bond acceptors (Lipinski definition) is 3. The fourth-order valence-electron chi connectivity index (χ4n) is 2.75. The van der Waals surface area contributed by atoms with E-state index in [0.29, 0.717) is 6.42 Å². The van der Waals surface area contributed by atoms with E-state index in [4.69, 9.17) is 5.26 Å². The highest BCUT2D eigenvalue weighted by atomic mass is 16.3. The van der Waals surface area contributed by atoms with Crippen molar-refractivity contribution in [1.82, 2.24) is 5.32 Å². The van der Waals surface area contributed by atoms with Crippen molar-refractivity contribution >= 4 is 0 Å². The van der Waals surface area contributed by atoms with Crippen molar-refractivity contribution in [3.63, 3.8) is 0 Å². The quantitative estimate of drug-likeness (QED) is 0.747. The van der Waals surface area contributed by atoms with Gasteiger partial charge < -0.3 is 10.4 Å². The number of rotatable bonds is 5. The highest BCUT2D eigenvalue weighted by molar-refractivity contribution is 5.03. The predicted molar refractivity (Wildman–Crippen MR) is 62.8 cm³/mol. The molecule has 0 aromatic carbocycles. The molecule has 0 unspecified atom stereocenters. The van der Waals surface area contributed by atoms with Crippen molar-refractivity contribution in [1.29, 1.82) is 5.26 Å². The Morgan fingerprint density at radius 3 is 2.31 bits per heavy atom. The van der Waals surface area contributed by atoms with Crippen molar-refractivity contribution in [2.75, 3.05) is 13.2 Å². The van der Waals surface area contributed by atoms with Crippen LogP contribution >= 0.6 is 0 Å². The Balaban J connectivity index is 1.85. The average molecular weight is 222 g/mol. The van der Waals surface area contributed by atoms with Crippen LogP contribution in [0.1, 0.15) is 51.4 Å². The van der Waals surface area contributed by atoms with Gasteiger partial charge in [-0.3, -0.25) is 0 Å². The number of nitrogens with one attached hydrogen (secondary N) is 1. The second-order valence-corrected chi connectivity index (χ2v) is 5.69. The van der Waals surface area contributed by atoms with E-state index in [0.717, 1.165) is 19.4 Å². The van der Waals surface area contributed by atoms with Crippen LogP contribution in [0.3, 0.4) is 0 Å². The SMILES string of the molecule is N#CCC1(CNC2(CO)CCCCC2)CC1. The summed E-state index contributed by atoms with van der Waals surface area (Å²) in [5, 5.41) is 21.9. The van der Waals surface area contributed by atoms with Crippen molar-refractivity contribution in [2.45, 2.75) is 56.9 Å². The first-order valence-corrected chi connectivity index (χ1v) is 6.47. The van der Waals surface area contributed by atoms with Gasteiger partial charge >= 0.3 is 0 Å². The van der Waals surface area contributed by atoms with Crippen LogP contribution in [-0.2, 0) is 0 Å². The van der Waals surface area contributed by atoms with E-state index in [-0.39, 0.29) is 17.6 Å². The Labute approximate surface area is 97.8 Å². The molecular formula is C13H22N2O. The van der Waals surface area contributed by atoms with Crippen LogP contribution < -0.4 is 5.32 Å². The molecule has 2 rings (SSSR count). The second-order valence-electron chi connectivity index (χ2n) is 5.69. The third-order valence-electron chi connectivity index (χ3n) is 4.36. The monoisotopic (exact) mass is 222 g/mol. The van der Waals surface area contributed by atoms with Gasteiger partial charge in [-0.15, -0.1) is 0 Å². The van der Waals surface area contributed by atoms with Gasteiger partial charge in [-0.1, -0.05) is 19.3 Å². The number of aliphatic hydroxyl groups excluding tert-OH is 1. The van der Waals surface area contributed by atoms with Gasteiger partial charge in [0.05, 0.1) is 12.7 Å². The van der Waals surface area contributed by atoms with Gasteiger partial charge in [0, 0.05) is 18.5 Å². The third-order valence-corrected chi connectivity index (χ3v) is 4.36. The Hall–Kier alpha value is -0.590. The van der Waals surface area contributed by atoms with Crippen molar-refractivity contribution in [3.05, 3.63) is 0 Å². The Kier molecular flexibility index (Phi) is 3.51. The number of aliphatic hydroxyl groups is 1. The zero-order chi connectivity index (χ0) is 11.5. The van der Waals surface area contributed by atoms with Crippen molar-refractivity contribution < 1.29 is 5.11 Å². The lowest BCUT2D eigenvalue weighted by molar-refractivity contribution is 0.115. The second kappa shape index (κ2) is 4.73. The van der Waals surface area contributed by atoms with Gasteiger partial charge in [0.15, 0.2) is 0 Å². The summed E-state index contributed by atoms with van der Waals surface area (Å²) in [5.41, 5.74) is 0.206. The molecule has 0 amide bonds. The molecule has 2 aliphatic carbocycles. The molecule has 0 bridgehead atoms. The highest BCUT2D eigenvalue weighted by Crippen LogP contribution is 2.48. The summed E-state index contributed by atoms with van der Waals surface area (Å²) in [6.07, 6.45) is 8.94. The summed E-state index contributed by atoms with van der Waals surface area (Å²) in [6.45, 7) is 1.16. The number of nitriles is 1. The summed E-state index contributed by atoms with van der Waals surface area (Å²) in [6, 6.07) is 2.29. The maximum Gasteiger partial charge on any atom is 0.0628 e. The standard InChI is InChI=1S/C13H22N2O/c14-9-8-12(6-7-12)10-15-13(11-16)4-2-1-3-5-13/h15-16H,1-8,10-11H2. The van der Waals surface area contributed by atoms with Gasteiger partial charge in [0.2, 0.25) is 0 Å². The van der Waals surface area contributed by atoms with Gasteiger partial charge in [-0.2, -0.15) is 5.26 Å². The molecule has 2 aliphatic rings. The number of nitrogens with zero attached hydrogens (tertiary/aromatic N) is 1. The fraction of sp³-hybridized carbons (Fsp3) is 0.923. The minimum absolute atomic E-state index is 0.0384. The number of hydrogen-bond donors (Lipinski definition) is 2. The first-order chi connectivity index (χ1) is 7.74. The van der Waals surface area contributed by atoms with E-state index in [1.807, 2.05) is 0 Å². The fourth-order valence-corrected chi connectivity index (χ4v) is 2.75. The summed E-state index contributed by atoms with van der Waals surface area (Å²) in [4.78, 5) is 0. The molecule has 0 heterocycles. The highest BCUT2D eigenvalue weighted by Gasteiger charge is 2.44. The van der Waals surface area contributed by atoms with Crippen LogP contribution in [0.15, 0.2) is 0 Å². The topological polar surface area (TPSA) is 56.0 Å². The zero-order valence-electron chi connectivity index (χ0n) is 9.97. The van der Waals surface area contributed by atoms with Crippen LogP contribution in [0, 0.1) is 16.7 Å².